The van der Waals surface area contributed by atoms with Crippen molar-refractivity contribution in [2.24, 2.45) is 0 Å². The fourth-order valence-electron chi connectivity index (χ4n) is 4.49. The van der Waals surface area contributed by atoms with Gasteiger partial charge in [-0.2, -0.15) is 13.2 Å². The number of nitrogens with one attached hydrogen (secondary N) is 1. The number of alkyl carbamates (subject to hydrolysis) is 1. The van der Waals surface area contributed by atoms with Gasteiger partial charge in [-0.05, 0) is 35.1 Å². The van der Waals surface area contributed by atoms with Crippen molar-refractivity contribution in [1.29, 1.82) is 0 Å². The highest BCUT2D eigenvalue weighted by molar-refractivity contribution is 5.90. The second kappa shape index (κ2) is 8.76. The van der Waals surface area contributed by atoms with E-state index in [1.807, 2.05) is 48.5 Å². The first-order valence-corrected chi connectivity index (χ1v) is 10.4. The molecule has 4 rings (SSSR count). The number of fused-ring (bicyclic) bond motifs is 3. The summed E-state index contributed by atoms with van der Waals surface area (Å²) in [6.07, 6.45) is -6.21. The van der Waals surface area contributed by atoms with Crippen LogP contribution in [0.4, 0.5) is 18.0 Å². The fourth-order valence-corrected chi connectivity index (χ4v) is 4.49. The highest BCUT2D eigenvalue weighted by Crippen LogP contribution is 2.44. The zero-order valence-electron chi connectivity index (χ0n) is 17.3. The van der Waals surface area contributed by atoms with Gasteiger partial charge in [0, 0.05) is 12.5 Å². The number of halogens is 3. The molecule has 33 heavy (non-hydrogen) atoms. The van der Waals surface area contributed by atoms with Crippen LogP contribution in [-0.4, -0.2) is 59.4 Å². The minimum atomic E-state index is -5.12. The van der Waals surface area contributed by atoms with E-state index in [1.54, 1.807) is 5.32 Å². The van der Waals surface area contributed by atoms with Gasteiger partial charge in [0.15, 0.2) is 0 Å². The van der Waals surface area contributed by atoms with Crippen molar-refractivity contribution in [3.05, 3.63) is 59.7 Å². The number of hydrogen-bond acceptors (Lipinski definition) is 4. The summed E-state index contributed by atoms with van der Waals surface area (Å²) >= 11 is 0. The zero-order chi connectivity index (χ0) is 23.8. The number of ether oxygens (including phenoxy) is 1. The number of nitrogens with zero attached hydrogens (tertiary/aromatic N) is 1. The molecule has 1 aliphatic heterocycles. The molecule has 1 heterocycles. The van der Waals surface area contributed by atoms with Gasteiger partial charge in [-0.15, -0.1) is 0 Å². The Morgan fingerprint density at radius 3 is 2.18 bits per heavy atom. The predicted molar refractivity (Wildman–Crippen MR) is 110 cm³/mol. The number of rotatable bonds is 5. The van der Waals surface area contributed by atoms with E-state index in [0.717, 1.165) is 22.3 Å². The van der Waals surface area contributed by atoms with E-state index in [4.69, 9.17) is 4.74 Å². The zero-order valence-corrected chi connectivity index (χ0v) is 17.3. The number of likely N-dealkylation sites (tertiary alicyclic amines) is 1. The quantitative estimate of drug-likeness (QED) is 0.709. The molecule has 1 aliphatic carbocycles. The molecule has 1 saturated heterocycles. The topological polar surface area (TPSA) is 95.9 Å². The smallest absolute Gasteiger partial charge is 0.417 e. The van der Waals surface area contributed by atoms with Crippen molar-refractivity contribution in [1.82, 2.24) is 10.2 Å². The molecule has 1 unspecified atom stereocenters. The second-order valence-electron chi connectivity index (χ2n) is 7.97. The third-order valence-electron chi connectivity index (χ3n) is 6.00. The van der Waals surface area contributed by atoms with Crippen molar-refractivity contribution in [2.45, 2.75) is 37.0 Å². The third kappa shape index (κ3) is 4.37. The maximum absolute atomic E-state index is 13.6. The Morgan fingerprint density at radius 2 is 1.64 bits per heavy atom. The summed E-state index contributed by atoms with van der Waals surface area (Å²) in [5.41, 5.74) is 3.69. The van der Waals surface area contributed by atoms with Crippen molar-refractivity contribution in [2.75, 3.05) is 13.2 Å². The minimum Gasteiger partial charge on any atom is -0.480 e. The summed E-state index contributed by atoms with van der Waals surface area (Å²) < 4.78 is 45.9. The van der Waals surface area contributed by atoms with Gasteiger partial charge in [-0.25, -0.2) is 9.59 Å². The lowest BCUT2D eigenvalue weighted by molar-refractivity contribution is -0.177. The van der Waals surface area contributed by atoms with Crippen LogP contribution in [0.3, 0.4) is 0 Å². The van der Waals surface area contributed by atoms with Crippen molar-refractivity contribution < 1.29 is 37.4 Å². The molecule has 2 atom stereocenters. The van der Waals surface area contributed by atoms with Gasteiger partial charge in [0.05, 0.1) is 0 Å². The molecule has 174 valence electrons. The Hall–Kier alpha value is -3.56. The maximum atomic E-state index is 13.6. The molecule has 2 amide bonds. The maximum Gasteiger partial charge on any atom is 0.417 e. The number of benzene rings is 2. The van der Waals surface area contributed by atoms with Crippen LogP contribution in [0.1, 0.15) is 29.9 Å². The molecule has 0 aromatic heterocycles. The van der Waals surface area contributed by atoms with Gasteiger partial charge in [0.1, 0.15) is 12.6 Å². The van der Waals surface area contributed by atoms with Gasteiger partial charge in [0.2, 0.25) is 6.04 Å². The Morgan fingerprint density at radius 1 is 1.06 bits per heavy atom. The van der Waals surface area contributed by atoms with E-state index in [9.17, 15) is 32.7 Å². The van der Waals surface area contributed by atoms with E-state index >= 15 is 0 Å². The Kier molecular flexibility index (Phi) is 6.01. The molecular formula is C23H21F3N2O5. The number of alkyl halides is 3. The summed E-state index contributed by atoms with van der Waals surface area (Å²) in [7, 11) is 0. The second-order valence-corrected chi connectivity index (χ2v) is 7.97. The van der Waals surface area contributed by atoms with Crippen LogP contribution in [0, 0.1) is 0 Å². The van der Waals surface area contributed by atoms with Crippen molar-refractivity contribution >= 4 is 18.0 Å². The average molecular weight is 462 g/mol. The molecule has 0 saturated carbocycles. The summed E-state index contributed by atoms with van der Waals surface area (Å²) in [4.78, 5) is 36.7. The molecule has 2 aliphatic rings. The molecule has 0 spiro atoms. The lowest BCUT2D eigenvalue weighted by atomic mass is 9.98. The average Bonchev–Trinajstić information content (AvgIpc) is 3.38. The predicted octanol–water partition coefficient (Wildman–Crippen LogP) is 3.53. The lowest BCUT2D eigenvalue weighted by Crippen LogP contribution is -2.57. The number of carboxylic acid groups (broad SMARTS) is 1. The van der Waals surface area contributed by atoms with Crippen LogP contribution in [0.5, 0.6) is 0 Å². The molecule has 1 fully saturated rings. The normalized spacial score (nSPS) is 18.4. The van der Waals surface area contributed by atoms with E-state index in [1.165, 1.54) is 0 Å². The Balaban J connectivity index is 1.47. The number of hydrogen-bond donors (Lipinski definition) is 2. The van der Waals surface area contributed by atoms with Crippen LogP contribution < -0.4 is 5.32 Å². The van der Waals surface area contributed by atoms with Gasteiger partial charge in [0.25, 0.3) is 5.91 Å². The van der Waals surface area contributed by atoms with Gasteiger partial charge >= 0.3 is 18.2 Å². The minimum absolute atomic E-state index is 0.0522. The van der Waals surface area contributed by atoms with Crippen molar-refractivity contribution in [3.63, 3.8) is 0 Å². The summed E-state index contributed by atoms with van der Waals surface area (Å²) in [6, 6.07) is 10.7. The molecule has 0 bridgehead atoms. The summed E-state index contributed by atoms with van der Waals surface area (Å²) in [6.45, 7) is -0.352. The van der Waals surface area contributed by atoms with E-state index < -0.39 is 36.2 Å². The Labute approximate surface area is 187 Å². The molecule has 0 radical (unpaired) electrons. The monoisotopic (exact) mass is 462 g/mol. The first-order chi connectivity index (χ1) is 15.7. The lowest BCUT2D eigenvalue weighted by Gasteiger charge is -2.28. The van der Waals surface area contributed by atoms with Gasteiger partial charge < -0.3 is 20.1 Å². The molecule has 10 heteroatoms. The molecule has 2 aromatic rings. The van der Waals surface area contributed by atoms with Crippen molar-refractivity contribution in [3.8, 4) is 11.1 Å². The van der Waals surface area contributed by atoms with E-state index in [2.05, 4.69) is 0 Å². The van der Waals surface area contributed by atoms with Gasteiger partial charge in [-0.1, -0.05) is 48.5 Å². The van der Waals surface area contributed by atoms with Crippen LogP contribution >= 0.6 is 0 Å². The van der Waals surface area contributed by atoms with Crippen LogP contribution in [0.25, 0.3) is 11.1 Å². The largest absolute Gasteiger partial charge is 0.480 e. The number of carbonyl (C=O) groups is 3. The number of carbonyl (C=O) groups excluding carboxylic acids is 2. The summed E-state index contributed by atoms with van der Waals surface area (Å²) in [5, 5.41) is 10.8. The van der Waals surface area contributed by atoms with Gasteiger partial charge in [-0.3, -0.25) is 4.79 Å². The SMILES string of the molecule is O=C(NC(C(=O)N1CCC[C@@H]1C(=O)O)C(F)(F)F)OCC1c2ccccc2-c2ccccc21. The van der Waals surface area contributed by atoms with E-state index in [0.29, 0.717) is 4.90 Å². The molecular weight excluding hydrogens is 441 g/mol. The standard InChI is InChI=1S/C23H21F3N2O5/c24-23(25,26)19(20(29)28-11-5-10-18(28)21(30)31)27-22(32)33-12-17-15-8-3-1-6-13(15)14-7-2-4-9-16(14)17/h1-4,6-9,17-19H,5,10-12H2,(H,27,32)(H,30,31)/t18-,19?/m1/s1. The first kappa shape index (κ1) is 22.6. The molecule has 7 nitrogen and oxygen atoms in total. The Bertz CT molecular complexity index is 1040. The van der Waals surface area contributed by atoms with Crippen LogP contribution in [-0.2, 0) is 14.3 Å². The third-order valence-corrected chi connectivity index (χ3v) is 6.00. The molecule has 2 aromatic carbocycles. The van der Waals surface area contributed by atoms with E-state index in [-0.39, 0.29) is 31.9 Å². The van der Waals surface area contributed by atoms with Crippen LogP contribution in [0.15, 0.2) is 48.5 Å². The number of amides is 2. The fraction of sp³-hybridized carbons (Fsp3) is 0.348. The van der Waals surface area contributed by atoms with Crippen LogP contribution in [0.2, 0.25) is 0 Å². The highest BCUT2D eigenvalue weighted by Gasteiger charge is 2.50. The highest BCUT2D eigenvalue weighted by atomic mass is 19.4. The summed E-state index contributed by atoms with van der Waals surface area (Å²) in [5.74, 6) is -3.26. The number of aliphatic carboxylic acids is 1. The molecule has 2 N–H and O–H groups in total. The first-order valence-electron chi connectivity index (χ1n) is 10.4. The number of carboxylic acids is 1.